The molecule has 0 spiro atoms. The summed E-state index contributed by atoms with van der Waals surface area (Å²) in [5.74, 6) is 1.07. The van der Waals surface area contributed by atoms with E-state index in [9.17, 15) is 0 Å². The number of aromatic nitrogens is 3. The third-order valence-electron chi connectivity index (χ3n) is 3.81. The molecular weight excluding hydrogens is 264 g/mol. The summed E-state index contributed by atoms with van der Waals surface area (Å²) in [6, 6.07) is 6.07. The lowest BCUT2D eigenvalue weighted by atomic mass is 10.3. The van der Waals surface area contributed by atoms with E-state index in [0.717, 1.165) is 50.8 Å². The van der Waals surface area contributed by atoms with Gasteiger partial charge in [-0.3, -0.25) is 4.90 Å². The number of piperazine rings is 1. The molecule has 0 atom stereocenters. The molecule has 0 radical (unpaired) electrons. The summed E-state index contributed by atoms with van der Waals surface area (Å²) in [6.07, 6.45) is 5.82. The van der Waals surface area contributed by atoms with E-state index in [4.69, 9.17) is 5.73 Å². The number of imidazole rings is 1. The SMILES string of the molecule is NCCn1cnc(CN2CCN(c3ccccn3)CC2)c1. The van der Waals surface area contributed by atoms with Crippen LogP contribution in [0.3, 0.4) is 0 Å². The Morgan fingerprint density at radius 1 is 1.10 bits per heavy atom. The Hall–Kier alpha value is -1.92. The number of nitrogens with zero attached hydrogens (tertiary/aromatic N) is 5. The van der Waals surface area contributed by atoms with Crippen molar-refractivity contribution in [3.63, 3.8) is 0 Å². The van der Waals surface area contributed by atoms with E-state index in [1.54, 1.807) is 0 Å². The molecule has 112 valence electrons. The van der Waals surface area contributed by atoms with Gasteiger partial charge in [0, 0.05) is 58.2 Å². The first-order valence-electron chi connectivity index (χ1n) is 7.44. The molecule has 0 bridgehead atoms. The average Bonchev–Trinajstić information content (AvgIpc) is 2.97. The molecule has 0 aromatic carbocycles. The van der Waals surface area contributed by atoms with Crippen LogP contribution in [0.15, 0.2) is 36.9 Å². The van der Waals surface area contributed by atoms with Crippen molar-refractivity contribution in [2.24, 2.45) is 5.73 Å². The number of hydrogen-bond acceptors (Lipinski definition) is 5. The first-order chi connectivity index (χ1) is 10.3. The number of anilines is 1. The number of hydrogen-bond donors (Lipinski definition) is 1. The van der Waals surface area contributed by atoms with Gasteiger partial charge in [-0.2, -0.15) is 0 Å². The lowest BCUT2D eigenvalue weighted by Gasteiger charge is -2.35. The minimum absolute atomic E-state index is 0.651. The van der Waals surface area contributed by atoms with Crippen LogP contribution in [-0.4, -0.2) is 52.2 Å². The molecule has 6 nitrogen and oxygen atoms in total. The van der Waals surface area contributed by atoms with Crippen molar-refractivity contribution < 1.29 is 0 Å². The fourth-order valence-corrected chi connectivity index (χ4v) is 2.66. The van der Waals surface area contributed by atoms with Gasteiger partial charge in [-0.15, -0.1) is 0 Å². The zero-order valence-corrected chi connectivity index (χ0v) is 12.2. The highest BCUT2D eigenvalue weighted by Crippen LogP contribution is 2.13. The number of pyridine rings is 1. The van der Waals surface area contributed by atoms with Gasteiger partial charge in [0.15, 0.2) is 0 Å². The largest absolute Gasteiger partial charge is 0.354 e. The van der Waals surface area contributed by atoms with Crippen LogP contribution in [0.4, 0.5) is 5.82 Å². The molecule has 1 saturated heterocycles. The van der Waals surface area contributed by atoms with Gasteiger partial charge in [-0.25, -0.2) is 9.97 Å². The molecule has 1 aliphatic rings. The Morgan fingerprint density at radius 2 is 1.95 bits per heavy atom. The predicted octanol–water partition coefficient (Wildman–Crippen LogP) is 0.559. The highest BCUT2D eigenvalue weighted by atomic mass is 15.3. The molecule has 2 aromatic heterocycles. The van der Waals surface area contributed by atoms with Crippen molar-refractivity contribution in [2.45, 2.75) is 13.1 Å². The lowest BCUT2D eigenvalue weighted by molar-refractivity contribution is 0.247. The smallest absolute Gasteiger partial charge is 0.128 e. The first kappa shape index (κ1) is 14.0. The van der Waals surface area contributed by atoms with Gasteiger partial charge in [0.1, 0.15) is 5.82 Å². The monoisotopic (exact) mass is 286 g/mol. The van der Waals surface area contributed by atoms with Gasteiger partial charge in [-0.05, 0) is 12.1 Å². The molecule has 6 heteroatoms. The molecule has 3 heterocycles. The number of nitrogens with two attached hydrogens (primary N) is 1. The van der Waals surface area contributed by atoms with Crippen molar-refractivity contribution in [1.29, 1.82) is 0 Å². The molecule has 0 unspecified atom stereocenters. The van der Waals surface area contributed by atoms with Gasteiger partial charge in [0.25, 0.3) is 0 Å². The average molecular weight is 286 g/mol. The lowest BCUT2D eigenvalue weighted by Crippen LogP contribution is -2.46. The quantitative estimate of drug-likeness (QED) is 0.870. The summed E-state index contributed by atoms with van der Waals surface area (Å²) in [6.45, 7) is 6.51. The van der Waals surface area contributed by atoms with Crippen LogP contribution in [0, 0.1) is 0 Å². The Morgan fingerprint density at radius 3 is 2.67 bits per heavy atom. The van der Waals surface area contributed by atoms with Crippen LogP contribution in [0.2, 0.25) is 0 Å². The van der Waals surface area contributed by atoms with E-state index >= 15 is 0 Å². The topological polar surface area (TPSA) is 63.2 Å². The molecule has 0 amide bonds. The molecule has 2 N–H and O–H groups in total. The predicted molar refractivity (Wildman–Crippen MR) is 83.0 cm³/mol. The molecule has 2 aromatic rings. The normalized spacial score (nSPS) is 16.3. The molecule has 1 fully saturated rings. The van der Waals surface area contributed by atoms with Gasteiger partial charge < -0.3 is 15.2 Å². The Kier molecular flexibility index (Phi) is 4.47. The zero-order valence-electron chi connectivity index (χ0n) is 12.2. The summed E-state index contributed by atoms with van der Waals surface area (Å²) in [4.78, 5) is 13.6. The summed E-state index contributed by atoms with van der Waals surface area (Å²) in [5.41, 5.74) is 6.67. The van der Waals surface area contributed by atoms with E-state index in [2.05, 4.69) is 36.6 Å². The maximum atomic E-state index is 5.55. The molecule has 0 aliphatic carbocycles. The Labute approximate surface area is 125 Å². The summed E-state index contributed by atoms with van der Waals surface area (Å²) in [7, 11) is 0. The van der Waals surface area contributed by atoms with E-state index in [-0.39, 0.29) is 0 Å². The minimum atomic E-state index is 0.651. The van der Waals surface area contributed by atoms with Gasteiger partial charge in [0.05, 0.1) is 12.0 Å². The van der Waals surface area contributed by atoms with Crippen molar-refractivity contribution in [1.82, 2.24) is 19.4 Å². The van der Waals surface area contributed by atoms with Crippen LogP contribution < -0.4 is 10.6 Å². The van der Waals surface area contributed by atoms with E-state index in [1.165, 1.54) is 0 Å². The van der Waals surface area contributed by atoms with E-state index < -0.39 is 0 Å². The van der Waals surface area contributed by atoms with Crippen LogP contribution in [0.1, 0.15) is 5.69 Å². The molecule has 0 saturated carbocycles. The minimum Gasteiger partial charge on any atom is -0.354 e. The van der Waals surface area contributed by atoms with Crippen molar-refractivity contribution >= 4 is 5.82 Å². The molecular formula is C15H22N6. The maximum Gasteiger partial charge on any atom is 0.128 e. The van der Waals surface area contributed by atoms with Crippen molar-refractivity contribution in [3.8, 4) is 0 Å². The van der Waals surface area contributed by atoms with Crippen LogP contribution in [-0.2, 0) is 13.1 Å². The Balaban J connectivity index is 1.51. The first-order valence-corrected chi connectivity index (χ1v) is 7.44. The zero-order chi connectivity index (χ0) is 14.5. The second-order valence-corrected chi connectivity index (χ2v) is 5.34. The van der Waals surface area contributed by atoms with Gasteiger partial charge >= 0.3 is 0 Å². The van der Waals surface area contributed by atoms with Crippen molar-refractivity contribution in [2.75, 3.05) is 37.6 Å². The maximum absolute atomic E-state index is 5.55. The van der Waals surface area contributed by atoms with E-state index in [0.29, 0.717) is 6.54 Å². The molecule has 21 heavy (non-hydrogen) atoms. The van der Waals surface area contributed by atoms with E-state index in [1.807, 2.05) is 24.7 Å². The van der Waals surface area contributed by atoms with Crippen LogP contribution in [0.25, 0.3) is 0 Å². The Bertz CT molecular complexity index is 544. The van der Waals surface area contributed by atoms with Gasteiger partial charge in [0.2, 0.25) is 0 Å². The summed E-state index contributed by atoms with van der Waals surface area (Å²) >= 11 is 0. The fourth-order valence-electron chi connectivity index (χ4n) is 2.66. The highest BCUT2D eigenvalue weighted by Gasteiger charge is 2.18. The standard InChI is InChI=1S/C15H22N6/c16-4-6-20-12-14(18-13-20)11-19-7-9-21(10-8-19)15-3-1-2-5-17-15/h1-3,5,12-13H,4,6-11,16H2. The second kappa shape index (κ2) is 6.69. The highest BCUT2D eigenvalue weighted by molar-refractivity contribution is 5.38. The van der Waals surface area contributed by atoms with Gasteiger partial charge in [-0.1, -0.05) is 6.07 Å². The van der Waals surface area contributed by atoms with Crippen molar-refractivity contribution in [3.05, 3.63) is 42.6 Å². The van der Waals surface area contributed by atoms with Crippen LogP contribution in [0.5, 0.6) is 0 Å². The van der Waals surface area contributed by atoms with Crippen LogP contribution >= 0.6 is 0 Å². The third kappa shape index (κ3) is 3.59. The molecule has 3 rings (SSSR count). The molecule has 1 aliphatic heterocycles. The third-order valence-corrected chi connectivity index (χ3v) is 3.81. The number of rotatable bonds is 5. The summed E-state index contributed by atoms with van der Waals surface area (Å²) < 4.78 is 2.06. The summed E-state index contributed by atoms with van der Waals surface area (Å²) in [5, 5.41) is 0. The second-order valence-electron chi connectivity index (χ2n) is 5.34. The fraction of sp³-hybridized carbons (Fsp3) is 0.467.